The maximum Gasteiger partial charge on any atom is 0.337 e. The first-order chi connectivity index (χ1) is 16.4. The summed E-state index contributed by atoms with van der Waals surface area (Å²) < 4.78 is 10.5. The van der Waals surface area contributed by atoms with E-state index in [9.17, 15) is 14.4 Å². The number of ether oxygens (including phenoxy) is 2. The van der Waals surface area contributed by atoms with Crippen molar-refractivity contribution >= 4 is 23.3 Å². The summed E-state index contributed by atoms with van der Waals surface area (Å²) >= 11 is 0. The van der Waals surface area contributed by atoms with Crippen LogP contribution in [0.3, 0.4) is 0 Å². The molecule has 0 saturated carbocycles. The van der Waals surface area contributed by atoms with E-state index in [2.05, 4.69) is 39.9 Å². The van der Waals surface area contributed by atoms with Gasteiger partial charge in [-0.1, -0.05) is 59.7 Å². The zero-order valence-electron chi connectivity index (χ0n) is 22.3. The number of anilines is 1. The summed E-state index contributed by atoms with van der Waals surface area (Å²) in [7, 11) is 2.92. The van der Waals surface area contributed by atoms with E-state index in [-0.39, 0.29) is 29.4 Å². The Hall–Kier alpha value is -3.15. The lowest BCUT2D eigenvalue weighted by Crippen LogP contribution is -2.21. The highest BCUT2D eigenvalue weighted by Crippen LogP contribution is 2.36. The van der Waals surface area contributed by atoms with Crippen LogP contribution in [0.25, 0.3) is 0 Å². The second-order valence-electron chi connectivity index (χ2n) is 10.3. The van der Waals surface area contributed by atoms with Crippen molar-refractivity contribution in [3.63, 3.8) is 0 Å². The van der Waals surface area contributed by atoms with Gasteiger partial charge in [0.25, 0.3) is 0 Å². The fraction of sp³-hybridized carbons (Fsp3) is 0.483. The highest BCUT2D eigenvalue weighted by atomic mass is 16.5. The normalized spacial score (nSPS) is 12.3. The number of Topliss-reactive ketones (excluding diaryl/α,β-unsaturated/α-hetero) is 1. The maximum atomic E-state index is 13.3. The van der Waals surface area contributed by atoms with Crippen molar-refractivity contribution in [1.82, 2.24) is 0 Å². The molecule has 2 aromatic rings. The van der Waals surface area contributed by atoms with E-state index in [1.165, 1.54) is 7.11 Å². The number of nitrogens with one attached hydrogen (secondary N) is 1. The van der Waals surface area contributed by atoms with Gasteiger partial charge in [-0.25, -0.2) is 4.79 Å². The number of benzene rings is 2. The van der Waals surface area contributed by atoms with Crippen LogP contribution in [-0.2, 0) is 14.9 Å². The van der Waals surface area contributed by atoms with Crippen molar-refractivity contribution in [2.45, 2.75) is 72.1 Å². The monoisotopic (exact) mass is 481 g/mol. The van der Waals surface area contributed by atoms with E-state index in [0.717, 1.165) is 17.5 Å². The number of carbonyl (C=O) groups excluding carboxylic acids is 3. The molecule has 1 unspecified atom stereocenters. The summed E-state index contributed by atoms with van der Waals surface area (Å²) in [6.07, 6.45) is 1.43. The van der Waals surface area contributed by atoms with Crippen LogP contribution < -0.4 is 10.1 Å². The molecule has 0 fully saturated rings. The van der Waals surface area contributed by atoms with Gasteiger partial charge >= 0.3 is 5.97 Å². The molecule has 1 atom stereocenters. The third-order valence-corrected chi connectivity index (χ3v) is 6.03. The van der Waals surface area contributed by atoms with E-state index in [0.29, 0.717) is 34.9 Å². The summed E-state index contributed by atoms with van der Waals surface area (Å²) in [5.41, 5.74) is 3.19. The molecule has 0 saturated heterocycles. The summed E-state index contributed by atoms with van der Waals surface area (Å²) in [5, 5.41) is 3.04. The minimum absolute atomic E-state index is 0.0493. The van der Waals surface area contributed by atoms with Crippen LogP contribution in [0, 0.1) is 5.92 Å². The zero-order chi connectivity index (χ0) is 26.3. The predicted molar refractivity (Wildman–Crippen MR) is 140 cm³/mol. The Bertz CT molecular complexity index is 1070. The largest absolute Gasteiger partial charge is 0.496 e. The number of methoxy groups -OCH3 is 2. The first-order valence-electron chi connectivity index (χ1n) is 12.1. The highest BCUT2D eigenvalue weighted by molar-refractivity contribution is 5.97. The number of esters is 1. The Morgan fingerprint density at radius 3 is 2.17 bits per heavy atom. The van der Waals surface area contributed by atoms with Crippen LogP contribution in [-0.4, -0.2) is 31.9 Å². The number of hydrogen-bond acceptors (Lipinski definition) is 5. The smallest absolute Gasteiger partial charge is 0.337 e. The van der Waals surface area contributed by atoms with Crippen molar-refractivity contribution in [3.05, 3.63) is 58.7 Å². The summed E-state index contributed by atoms with van der Waals surface area (Å²) in [4.78, 5) is 37.6. The van der Waals surface area contributed by atoms with Gasteiger partial charge in [-0.15, -0.1) is 0 Å². The number of ketones is 1. The first-order valence-corrected chi connectivity index (χ1v) is 12.1. The van der Waals surface area contributed by atoms with Gasteiger partial charge in [0, 0.05) is 24.1 Å². The molecule has 190 valence electrons. The number of hydrogen-bond donors (Lipinski definition) is 1. The molecule has 35 heavy (non-hydrogen) atoms. The highest BCUT2D eigenvalue weighted by Gasteiger charge is 2.25. The van der Waals surface area contributed by atoms with Gasteiger partial charge in [0.15, 0.2) is 5.78 Å². The molecule has 2 rings (SSSR count). The van der Waals surface area contributed by atoms with Gasteiger partial charge in [-0.2, -0.15) is 0 Å². The number of rotatable bonds is 10. The first kappa shape index (κ1) is 28.1. The third kappa shape index (κ3) is 7.41. The van der Waals surface area contributed by atoms with Crippen molar-refractivity contribution in [2.24, 2.45) is 5.92 Å². The van der Waals surface area contributed by atoms with Crippen molar-refractivity contribution in [3.8, 4) is 5.75 Å². The van der Waals surface area contributed by atoms with E-state index < -0.39 is 5.97 Å². The molecule has 0 bridgehead atoms. The average molecular weight is 482 g/mol. The van der Waals surface area contributed by atoms with Crippen LogP contribution >= 0.6 is 0 Å². The van der Waals surface area contributed by atoms with Crippen LogP contribution in [0.4, 0.5) is 5.69 Å². The molecule has 0 heterocycles. The van der Waals surface area contributed by atoms with Gasteiger partial charge in [0.1, 0.15) is 5.75 Å². The predicted octanol–water partition coefficient (Wildman–Crippen LogP) is 6.53. The molecule has 0 aliphatic rings. The molecule has 0 aliphatic carbocycles. The lowest BCUT2D eigenvalue weighted by molar-refractivity contribution is -0.116. The number of carbonyl (C=O) groups is 3. The molecular weight excluding hydrogens is 442 g/mol. The summed E-state index contributed by atoms with van der Waals surface area (Å²) in [5.74, 6) is 0.308. The fourth-order valence-electron chi connectivity index (χ4n) is 4.29. The molecule has 0 spiro atoms. The second-order valence-corrected chi connectivity index (χ2v) is 10.3. The van der Waals surface area contributed by atoms with Crippen molar-refractivity contribution < 1.29 is 23.9 Å². The standard InChI is InChI=1S/C29H39NO5/c1-9-25(31)19-10-12-22(26(16-19)34-7)21(14-18(2)3)17-27(32)30-24-15-20(28(33)35-8)11-13-23(24)29(4,5)6/h10-13,15-16,18,21H,9,14,17H2,1-8H3,(H,30,32). The molecule has 2 aromatic carbocycles. The molecule has 0 aliphatic heterocycles. The average Bonchev–Trinajstić information content (AvgIpc) is 2.80. The van der Waals surface area contributed by atoms with Gasteiger partial charge in [0.05, 0.1) is 19.8 Å². The molecule has 1 amide bonds. The molecule has 1 N–H and O–H groups in total. The van der Waals surface area contributed by atoms with Gasteiger partial charge in [-0.3, -0.25) is 9.59 Å². The minimum Gasteiger partial charge on any atom is -0.496 e. The zero-order valence-corrected chi connectivity index (χ0v) is 22.3. The van der Waals surface area contributed by atoms with Gasteiger partial charge < -0.3 is 14.8 Å². The van der Waals surface area contributed by atoms with Crippen LogP contribution in [0.2, 0.25) is 0 Å². The maximum absolute atomic E-state index is 13.3. The molecular formula is C29H39NO5. The van der Waals surface area contributed by atoms with Crippen LogP contribution in [0.5, 0.6) is 5.75 Å². The Morgan fingerprint density at radius 1 is 0.971 bits per heavy atom. The molecule has 0 radical (unpaired) electrons. The Balaban J connectivity index is 2.40. The quantitative estimate of drug-likeness (QED) is 0.308. The third-order valence-electron chi connectivity index (χ3n) is 6.03. The second kappa shape index (κ2) is 12.0. The Morgan fingerprint density at radius 2 is 1.63 bits per heavy atom. The Kier molecular flexibility index (Phi) is 9.64. The lowest BCUT2D eigenvalue weighted by atomic mass is 9.84. The Labute approximate surface area is 209 Å². The van der Waals surface area contributed by atoms with E-state index in [4.69, 9.17) is 9.47 Å². The van der Waals surface area contributed by atoms with Gasteiger partial charge in [-0.05, 0) is 53.0 Å². The van der Waals surface area contributed by atoms with Crippen LogP contribution in [0.1, 0.15) is 98.6 Å². The lowest BCUT2D eigenvalue weighted by Gasteiger charge is -2.25. The van der Waals surface area contributed by atoms with Crippen molar-refractivity contribution in [2.75, 3.05) is 19.5 Å². The van der Waals surface area contributed by atoms with E-state index in [1.54, 1.807) is 25.3 Å². The topological polar surface area (TPSA) is 81.7 Å². The molecule has 0 aromatic heterocycles. The van der Waals surface area contributed by atoms with Gasteiger partial charge in [0.2, 0.25) is 5.91 Å². The van der Waals surface area contributed by atoms with Crippen LogP contribution in [0.15, 0.2) is 36.4 Å². The number of amides is 1. The fourth-order valence-corrected chi connectivity index (χ4v) is 4.29. The summed E-state index contributed by atoms with van der Waals surface area (Å²) in [6, 6.07) is 10.7. The molecule has 6 heteroatoms. The van der Waals surface area contributed by atoms with E-state index >= 15 is 0 Å². The minimum atomic E-state index is -0.454. The SMILES string of the molecule is CCC(=O)c1ccc(C(CC(=O)Nc2cc(C(=O)OC)ccc2C(C)(C)C)CC(C)C)c(OC)c1. The molecule has 6 nitrogen and oxygen atoms in total. The van der Waals surface area contributed by atoms with Crippen molar-refractivity contribution in [1.29, 1.82) is 0 Å². The van der Waals surface area contributed by atoms with E-state index in [1.807, 2.05) is 25.1 Å². The summed E-state index contributed by atoms with van der Waals surface area (Å²) in [6.45, 7) is 12.2.